The Morgan fingerprint density at radius 3 is 1.57 bits per heavy atom. The molecule has 27 N–H and O–H groups in total. The number of aliphatic hydroxyl groups is 15. The number of nitrogens with zero attached hydrogens (tertiary/aromatic N) is 3. The van der Waals surface area contributed by atoms with Crippen LogP contribution in [0.5, 0.6) is 0 Å². The Kier molecular flexibility index (Phi) is 37.6. The van der Waals surface area contributed by atoms with Gasteiger partial charge < -0.3 is 197 Å². The summed E-state index contributed by atoms with van der Waals surface area (Å²) >= 11 is 0. The minimum absolute atomic E-state index is 0.0392. The van der Waals surface area contributed by atoms with Gasteiger partial charge in [0.2, 0.25) is 76.8 Å². The summed E-state index contributed by atoms with van der Waals surface area (Å²) in [5.41, 5.74) is 5.38. The number of nitrogens with one attached hydrogen (secondary N) is 9. The molecular weight excluding hydrogens is 1710 g/mol. The van der Waals surface area contributed by atoms with E-state index in [0.29, 0.717) is 12.8 Å². The molecule has 0 aliphatic carbocycles. The molecule has 8 fully saturated rings. The first-order valence-corrected chi connectivity index (χ1v) is 41.2. The Bertz CT molecular complexity index is 3850. The number of aliphatic hydroxyl groups excluding tert-OH is 15. The summed E-state index contributed by atoms with van der Waals surface area (Å²) in [7, 11) is 0. The highest BCUT2D eigenvalue weighted by molar-refractivity contribution is 5.98. The summed E-state index contributed by atoms with van der Waals surface area (Å²) in [5.74, 6) is -17.8. The monoisotopic (exact) mass is 1830 g/mol. The molecule has 127 heavy (non-hydrogen) atoms. The third kappa shape index (κ3) is 25.0. The van der Waals surface area contributed by atoms with Crippen LogP contribution >= 0.6 is 0 Å². The fourth-order valence-corrected chi connectivity index (χ4v) is 16.3. The second kappa shape index (κ2) is 45.9. The van der Waals surface area contributed by atoms with Crippen molar-refractivity contribution in [2.24, 2.45) is 5.73 Å². The van der Waals surface area contributed by atoms with E-state index in [1.807, 2.05) is 0 Å². The molecule has 720 valence electrons. The lowest BCUT2D eigenvalue weighted by Crippen LogP contribution is -2.71. The third-order valence-electron chi connectivity index (χ3n) is 22.9. The van der Waals surface area contributed by atoms with Gasteiger partial charge in [-0.15, -0.1) is 0 Å². The largest absolute Gasteiger partial charge is 0.477 e. The minimum atomic E-state index is -3.40. The molecule has 18 unspecified atom stereocenters. The van der Waals surface area contributed by atoms with Crippen molar-refractivity contribution in [1.29, 1.82) is 0 Å². The van der Waals surface area contributed by atoms with Crippen LogP contribution in [0, 0.1) is 0 Å². The highest BCUT2D eigenvalue weighted by atomic mass is 16.8. The first-order valence-electron chi connectivity index (χ1n) is 41.2. The molecule has 8 aliphatic heterocycles. The molecule has 8 heterocycles. The number of rotatable bonds is 38. The van der Waals surface area contributed by atoms with E-state index in [-0.39, 0.29) is 45.3 Å². The van der Waals surface area contributed by atoms with E-state index in [1.165, 1.54) is 30.6 Å². The SMILES string of the molecule is CC(=O)NC(C)C(=O)N1CCCC1C(=O)NCC(=O)NC(CO)C(=O)NC(C(=O)NC(C)C(=O)N1CCCC1C(=O)N1CCCC1C(=O)NC(C)C(N)=O)C(C)O[C@H]1OC(CO[C@@H]2OC(CO)[C@@H](O[C@@H]3OC(CO)[C@H](O)C(O)[C@@H]3O)C(O)[C@@H]2NC(C)=O)[C@H](O)C(O[C@@H]2OC(CO)[C@H](O)C(O[C@]3(C(=O)O)C[C@@H](O)[C@@H](NC(C)=O)C([C@H](O)[C@H](O)CO)O3)[C@@H]2O)[C@@H]1NC(C)=O. The second-order valence-electron chi connectivity index (χ2n) is 32.3. The maximum absolute atomic E-state index is 15.4. The summed E-state index contributed by atoms with van der Waals surface area (Å²) in [6, 6.07) is -17.7. The van der Waals surface area contributed by atoms with Gasteiger partial charge in [0, 0.05) is 53.8 Å². The number of likely N-dealkylation sites (tertiary alicyclic amines) is 3. The lowest BCUT2D eigenvalue weighted by molar-refractivity contribution is -0.383. The molecule has 0 radical (unpaired) electrons. The summed E-state index contributed by atoms with van der Waals surface area (Å²) in [5, 5.41) is 199. The molecule has 0 saturated carbocycles. The van der Waals surface area contributed by atoms with Crippen LogP contribution in [0.15, 0.2) is 0 Å². The molecule has 13 amide bonds. The van der Waals surface area contributed by atoms with E-state index >= 15 is 4.79 Å². The average Bonchev–Trinajstić information content (AvgIpc) is 1.43. The van der Waals surface area contributed by atoms with E-state index in [2.05, 4.69) is 47.9 Å². The Morgan fingerprint density at radius 1 is 0.496 bits per heavy atom. The molecule has 0 aromatic heterocycles. The number of carbonyl (C=O) groups excluding carboxylic acids is 13. The number of primary amides is 1. The van der Waals surface area contributed by atoms with E-state index in [0.717, 1.165) is 39.5 Å². The van der Waals surface area contributed by atoms with Crippen LogP contribution in [0.2, 0.25) is 0 Å². The minimum Gasteiger partial charge on any atom is -0.477 e. The Labute approximate surface area is 724 Å². The maximum Gasteiger partial charge on any atom is 0.364 e. The molecule has 0 spiro atoms. The fourth-order valence-electron chi connectivity index (χ4n) is 16.3. The van der Waals surface area contributed by atoms with Gasteiger partial charge in [0.15, 0.2) is 25.2 Å². The topological polar surface area (TPSA) is 799 Å². The number of amides is 13. The zero-order valence-electron chi connectivity index (χ0n) is 70.5. The smallest absolute Gasteiger partial charge is 0.364 e. The standard InChI is InChI=1S/C74H119N13O40/c1-26(61(75)108)78-64(111)36-13-10-16-86(36)68(115)37-14-11-17-87(37)67(114)28(3)79-65(112)45(84-62(109)34(20-88)83-44(99)19-76-63(110)35-12-9-15-85(35)66(113)27(2)77-30(5)93)29(4)119-70-48(82-33(8)96)58(52(103)43(123-70)25-118-69-47(81-32(7)95)53(104)57(42(24-92)122-69)124-71-55(106)54(105)50(101)40(22-90)120-71)125-72-56(107)60(51(102)41(23-91)121-72)127-74(73(116)117)18-38(97)46(80-31(6)94)59(126-74)49(100)39(98)21-89/h26-29,34-43,45-60,69-72,88-92,97-98,100-107H,9-25H2,1-8H3,(H2,75,108)(H,76,110)(H,77,93)(H,78,111)(H,79,112)(H,80,94)(H,81,95)(H,82,96)(H,83,99)(H,84,109)(H,116,117)/t26?,27?,28?,29?,34?,35?,36?,37?,38-,39-,40?,41?,42?,43?,45?,46-,47+,48+,49-,50+,51+,52+,53?,54?,55+,56+,57-,58?,59?,60?,69-,70+,71+,72+,74+/m1/s1. The number of hydrogen-bond donors (Lipinski definition) is 26. The molecule has 8 rings (SSSR count). The first kappa shape index (κ1) is 104. The van der Waals surface area contributed by atoms with Gasteiger partial charge in [-0.2, -0.15) is 0 Å². The van der Waals surface area contributed by atoms with Crippen molar-refractivity contribution in [2.75, 3.05) is 65.8 Å². The summed E-state index contributed by atoms with van der Waals surface area (Å²) < 4.78 is 60.1. The lowest BCUT2D eigenvalue weighted by atomic mass is 9.88. The highest BCUT2D eigenvalue weighted by Gasteiger charge is 2.62. The van der Waals surface area contributed by atoms with E-state index in [9.17, 15) is 144 Å². The van der Waals surface area contributed by atoms with Crippen molar-refractivity contribution >= 4 is 82.8 Å². The van der Waals surface area contributed by atoms with Gasteiger partial charge in [-0.1, -0.05) is 0 Å². The zero-order chi connectivity index (χ0) is 94.4. The van der Waals surface area contributed by atoms with Crippen LogP contribution in [0.3, 0.4) is 0 Å². The van der Waals surface area contributed by atoms with Gasteiger partial charge in [-0.3, -0.25) is 62.3 Å². The number of ether oxygens (including phenoxy) is 10. The molecule has 53 heteroatoms. The van der Waals surface area contributed by atoms with E-state index in [1.54, 1.807) is 0 Å². The maximum atomic E-state index is 15.4. The third-order valence-corrected chi connectivity index (χ3v) is 22.9. The lowest BCUT2D eigenvalue weighted by Gasteiger charge is -2.51. The van der Waals surface area contributed by atoms with Gasteiger partial charge in [-0.25, -0.2) is 4.79 Å². The summed E-state index contributed by atoms with van der Waals surface area (Å²) in [6.45, 7) is 0.836. The molecular formula is C74H119N13O40. The summed E-state index contributed by atoms with van der Waals surface area (Å²) in [6.07, 6.45) is -50.3. The number of carboxylic acids is 1. The number of carboxylic acid groups (broad SMARTS) is 1. The van der Waals surface area contributed by atoms with Crippen LogP contribution in [0.1, 0.15) is 100 Å². The van der Waals surface area contributed by atoms with Crippen molar-refractivity contribution < 1.29 is 196 Å². The van der Waals surface area contributed by atoms with E-state index in [4.69, 9.17) is 53.1 Å². The predicted molar refractivity (Wildman–Crippen MR) is 413 cm³/mol. The van der Waals surface area contributed by atoms with Crippen LogP contribution in [0.4, 0.5) is 0 Å². The van der Waals surface area contributed by atoms with Crippen molar-refractivity contribution in [1.82, 2.24) is 62.6 Å². The van der Waals surface area contributed by atoms with Gasteiger partial charge >= 0.3 is 5.97 Å². The average molecular weight is 1830 g/mol. The van der Waals surface area contributed by atoms with Gasteiger partial charge in [-0.05, 0) is 66.2 Å². The molecule has 35 atom stereocenters. The normalized spacial score (nSPS) is 35.2. The van der Waals surface area contributed by atoms with Gasteiger partial charge in [0.05, 0.1) is 64.4 Å². The number of hydrogen-bond acceptors (Lipinski definition) is 39. The van der Waals surface area contributed by atoms with Crippen molar-refractivity contribution in [3.05, 3.63) is 0 Å². The zero-order valence-corrected chi connectivity index (χ0v) is 70.5. The van der Waals surface area contributed by atoms with Gasteiger partial charge in [0.1, 0.15) is 164 Å². The number of carbonyl (C=O) groups is 14. The second-order valence-corrected chi connectivity index (χ2v) is 32.3. The van der Waals surface area contributed by atoms with Crippen molar-refractivity contribution in [3.63, 3.8) is 0 Å². The molecule has 0 bridgehead atoms. The molecule has 8 saturated heterocycles. The van der Waals surface area contributed by atoms with Crippen molar-refractivity contribution in [2.45, 2.75) is 314 Å². The van der Waals surface area contributed by atoms with Crippen molar-refractivity contribution in [3.8, 4) is 0 Å². The van der Waals surface area contributed by atoms with Crippen LogP contribution in [-0.2, 0) is 114 Å². The Morgan fingerprint density at radius 2 is 1.01 bits per heavy atom. The molecule has 53 nitrogen and oxygen atoms in total. The quantitative estimate of drug-likeness (QED) is 0.0273. The fraction of sp³-hybridized carbons (Fsp3) is 0.811. The molecule has 0 aromatic carbocycles. The van der Waals surface area contributed by atoms with Crippen LogP contribution in [-0.4, -0.2) is 458 Å². The number of nitrogens with two attached hydrogens (primary N) is 1. The molecule has 0 aromatic rings. The Balaban J connectivity index is 1.17. The van der Waals surface area contributed by atoms with Gasteiger partial charge in [0.25, 0.3) is 5.79 Å². The van der Waals surface area contributed by atoms with Crippen LogP contribution in [0.25, 0.3) is 0 Å². The number of aliphatic carboxylic acids is 1. The molecule has 8 aliphatic rings. The summed E-state index contributed by atoms with van der Waals surface area (Å²) in [4.78, 5) is 193. The highest BCUT2D eigenvalue weighted by Crippen LogP contribution is 2.40. The first-order chi connectivity index (χ1) is 59.8. The van der Waals surface area contributed by atoms with Crippen LogP contribution < -0.4 is 53.6 Å². The Hall–Kier alpha value is -8.42. The van der Waals surface area contributed by atoms with E-state index < -0.39 is 349 Å². The predicted octanol–water partition coefficient (Wildman–Crippen LogP) is -16.8.